The second-order valence-corrected chi connectivity index (χ2v) is 8.06. The molecule has 2 aromatic rings. The van der Waals surface area contributed by atoms with Crippen LogP contribution in [-0.4, -0.2) is 30.7 Å². The van der Waals surface area contributed by atoms with E-state index in [9.17, 15) is 0 Å². The summed E-state index contributed by atoms with van der Waals surface area (Å²) in [6.45, 7) is 0. The first-order valence-electron chi connectivity index (χ1n) is 9.30. The molecule has 4 rings (SSSR count). The summed E-state index contributed by atoms with van der Waals surface area (Å²) in [6.07, 6.45) is 8.08. The lowest BCUT2D eigenvalue weighted by Crippen LogP contribution is -3.00. The Bertz CT molecular complexity index is 663. The summed E-state index contributed by atoms with van der Waals surface area (Å²) in [5.41, 5.74) is 4.10. The molecule has 2 aliphatic heterocycles. The van der Waals surface area contributed by atoms with Crippen LogP contribution in [0.3, 0.4) is 0 Å². The third-order valence-corrected chi connectivity index (χ3v) is 6.44. The van der Waals surface area contributed by atoms with E-state index in [1.165, 1.54) is 46.9 Å². The Hall–Kier alpha value is -1.38. The highest BCUT2D eigenvalue weighted by Crippen LogP contribution is 2.43. The maximum atomic E-state index is 2.58. The molecule has 0 saturated carbocycles. The van der Waals surface area contributed by atoms with Crippen LogP contribution in [0, 0.1) is 5.92 Å². The van der Waals surface area contributed by atoms with Gasteiger partial charge in [-0.3, -0.25) is 0 Å². The van der Waals surface area contributed by atoms with E-state index in [0.717, 1.165) is 12.1 Å². The van der Waals surface area contributed by atoms with Crippen molar-refractivity contribution in [3.05, 3.63) is 77.9 Å². The van der Waals surface area contributed by atoms with E-state index in [1.807, 2.05) is 0 Å². The Morgan fingerprint density at radius 1 is 0.800 bits per heavy atom. The van der Waals surface area contributed by atoms with E-state index in [4.69, 9.17) is 0 Å². The number of piperidine rings is 1. The highest BCUT2D eigenvalue weighted by atomic mass is 79.9. The van der Waals surface area contributed by atoms with Crippen LogP contribution in [0.5, 0.6) is 0 Å². The van der Waals surface area contributed by atoms with Gasteiger partial charge in [-0.25, -0.2) is 0 Å². The van der Waals surface area contributed by atoms with Crippen LogP contribution in [0.4, 0.5) is 0 Å². The van der Waals surface area contributed by atoms with Crippen molar-refractivity contribution < 1.29 is 21.5 Å². The van der Waals surface area contributed by atoms with Crippen molar-refractivity contribution >= 4 is 5.57 Å². The minimum atomic E-state index is 0. The summed E-state index contributed by atoms with van der Waals surface area (Å²) in [7, 11) is 4.88. The topological polar surface area (TPSA) is 0 Å². The second-order valence-electron chi connectivity index (χ2n) is 8.06. The van der Waals surface area contributed by atoms with Gasteiger partial charge in [-0.15, -0.1) is 0 Å². The number of halogens is 1. The summed E-state index contributed by atoms with van der Waals surface area (Å²) >= 11 is 0. The van der Waals surface area contributed by atoms with E-state index in [2.05, 4.69) is 80.8 Å². The van der Waals surface area contributed by atoms with Crippen LogP contribution < -0.4 is 17.0 Å². The van der Waals surface area contributed by atoms with Crippen molar-refractivity contribution in [3.8, 4) is 0 Å². The Balaban J connectivity index is 0.00000182. The molecule has 0 radical (unpaired) electrons. The maximum absolute atomic E-state index is 2.58. The molecule has 2 heterocycles. The number of hydrogen-bond acceptors (Lipinski definition) is 0. The number of benzene rings is 2. The molecule has 0 aliphatic carbocycles. The summed E-state index contributed by atoms with van der Waals surface area (Å²) < 4.78 is 1.25. The Kier molecular flexibility index (Phi) is 5.50. The lowest BCUT2D eigenvalue weighted by atomic mass is 9.85. The molecule has 0 N–H and O–H groups in total. The smallest absolute Gasteiger partial charge is 0.0896 e. The fourth-order valence-electron chi connectivity index (χ4n) is 4.89. The van der Waals surface area contributed by atoms with Crippen molar-refractivity contribution in [2.75, 3.05) is 14.1 Å². The maximum Gasteiger partial charge on any atom is 0.0896 e. The zero-order valence-electron chi connectivity index (χ0n) is 15.2. The summed E-state index contributed by atoms with van der Waals surface area (Å²) in [6, 6.07) is 23.5. The van der Waals surface area contributed by atoms with Crippen LogP contribution in [0.1, 0.15) is 36.8 Å². The van der Waals surface area contributed by atoms with Crippen molar-refractivity contribution in [2.45, 2.75) is 37.8 Å². The number of hydrogen-bond donors (Lipinski definition) is 0. The lowest BCUT2D eigenvalue weighted by molar-refractivity contribution is -0.931. The first-order chi connectivity index (χ1) is 11.6. The first kappa shape index (κ1) is 18.4. The molecule has 132 valence electrons. The molecule has 2 heteroatoms. The Morgan fingerprint density at radius 2 is 1.24 bits per heavy atom. The zero-order valence-corrected chi connectivity index (χ0v) is 16.8. The van der Waals surface area contributed by atoms with Gasteiger partial charge in [-0.2, -0.15) is 0 Å². The average Bonchev–Trinajstić information content (AvgIpc) is 2.79. The Labute approximate surface area is 162 Å². The molecule has 25 heavy (non-hydrogen) atoms. The molecular formula is C23H28BrN. The molecule has 1 nitrogen and oxygen atoms in total. The number of rotatable bonds is 3. The van der Waals surface area contributed by atoms with Gasteiger partial charge in [0.05, 0.1) is 26.2 Å². The minimum Gasteiger partial charge on any atom is -1.00 e. The quantitative estimate of drug-likeness (QED) is 0.696. The monoisotopic (exact) mass is 397 g/mol. The van der Waals surface area contributed by atoms with Crippen LogP contribution in [0.2, 0.25) is 0 Å². The number of allylic oxidation sites excluding steroid dienone is 1. The highest BCUT2D eigenvalue weighted by Gasteiger charge is 2.48. The van der Waals surface area contributed by atoms with Gasteiger partial charge in [0, 0.05) is 25.7 Å². The summed E-state index contributed by atoms with van der Waals surface area (Å²) in [5.74, 6) is 0.712. The van der Waals surface area contributed by atoms with Gasteiger partial charge >= 0.3 is 0 Å². The third-order valence-electron chi connectivity index (χ3n) is 6.44. The standard InChI is InChI=1S/C23H28N.BrH/c1-24(2)21-13-14-22(24)16-18(15-21)17-23(19-9-5-3-6-10-19)20-11-7-4-8-12-20;/h3-12,17-18,21-22H,13-16H2,1-2H3;1H/q+1;/p-1. The predicted octanol–water partition coefficient (Wildman–Crippen LogP) is 2.14. The van der Waals surface area contributed by atoms with Crippen molar-refractivity contribution in [3.63, 3.8) is 0 Å². The molecule has 2 fully saturated rings. The number of quaternary nitrogens is 1. The van der Waals surface area contributed by atoms with Gasteiger partial charge in [0.25, 0.3) is 0 Å². The molecule has 2 saturated heterocycles. The normalized spacial score (nSPS) is 26.6. The largest absolute Gasteiger partial charge is 1.00 e. The molecule has 0 spiro atoms. The Morgan fingerprint density at radius 3 is 1.68 bits per heavy atom. The van der Waals surface area contributed by atoms with Crippen molar-refractivity contribution in [2.24, 2.45) is 5.92 Å². The molecule has 0 aromatic heterocycles. The van der Waals surface area contributed by atoms with Gasteiger partial charge < -0.3 is 21.5 Å². The predicted molar refractivity (Wildman–Crippen MR) is 102 cm³/mol. The molecule has 2 aliphatic rings. The van der Waals surface area contributed by atoms with E-state index in [1.54, 1.807) is 0 Å². The first-order valence-corrected chi connectivity index (χ1v) is 9.30. The van der Waals surface area contributed by atoms with Crippen LogP contribution >= 0.6 is 0 Å². The molecule has 0 amide bonds. The molecule has 2 aromatic carbocycles. The van der Waals surface area contributed by atoms with Gasteiger partial charge in [0.2, 0.25) is 0 Å². The van der Waals surface area contributed by atoms with Crippen LogP contribution in [-0.2, 0) is 0 Å². The van der Waals surface area contributed by atoms with Crippen molar-refractivity contribution in [1.82, 2.24) is 0 Å². The lowest BCUT2D eigenvalue weighted by Gasteiger charge is -2.44. The van der Waals surface area contributed by atoms with E-state index >= 15 is 0 Å². The fraction of sp³-hybridized carbons (Fsp3) is 0.391. The van der Waals surface area contributed by atoms with Gasteiger partial charge in [0.1, 0.15) is 0 Å². The van der Waals surface area contributed by atoms with Crippen molar-refractivity contribution in [1.29, 1.82) is 0 Å². The third kappa shape index (κ3) is 3.61. The highest BCUT2D eigenvalue weighted by molar-refractivity contribution is 5.79. The van der Waals surface area contributed by atoms with Crippen LogP contribution in [0.25, 0.3) is 5.57 Å². The summed E-state index contributed by atoms with van der Waals surface area (Å²) in [4.78, 5) is 0. The van der Waals surface area contributed by atoms with Gasteiger partial charge in [-0.05, 0) is 22.6 Å². The molecule has 2 unspecified atom stereocenters. The molecule has 2 bridgehead atoms. The SMILES string of the molecule is C[N+]1(C)C2CCC1CC(C=C(c1ccccc1)c1ccccc1)C2.[Br-]. The van der Waals surface area contributed by atoms with Gasteiger partial charge in [0.15, 0.2) is 0 Å². The molecule has 2 atom stereocenters. The zero-order chi connectivity index (χ0) is 16.6. The van der Waals surface area contributed by atoms with Crippen LogP contribution in [0.15, 0.2) is 66.7 Å². The second kappa shape index (κ2) is 7.47. The molecular weight excluding hydrogens is 370 g/mol. The fourth-order valence-corrected chi connectivity index (χ4v) is 4.89. The van der Waals surface area contributed by atoms with E-state index in [-0.39, 0.29) is 17.0 Å². The van der Waals surface area contributed by atoms with Gasteiger partial charge in [-0.1, -0.05) is 66.7 Å². The number of fused-ring (bicyclic) bond motifs is 2. The number of nitrogens with zero attached hydrogens (tertiary/aromatic N) is 1. The summed E-state index contributed by atoms with van der Waals surface area (Å²) in [5, 5.41) is 0. The van der Waals surface area contributed by atoms with E-state index in [0.29, 0.717) is 5.92 Å². The van der Waals surface area contributed by atoms with E-state index < -0.39 is 0 Å². The average molecular weight is 398 g/mol. The minimum absolute atomic E-state index is 0.